The van der Waals surface area contributed by atoms with Gasteiger partial charge in [0.1, 0.15) is 5.75 Å². The van der Waals surface area contributed by atoms with Crippen LogP contribution in [0.1, 0.15) is 22.3 Å². The number of aryl methyl sites for hydroxylation is 3. The van der Waals surface area contributed by atoms with E-state index in [1.165, 1.54) is 11.6 Å². The molecule has 20 heavy (non-hydrogen) atoms. The molecule has 0 heterocycles. The number of rotatable bonds is 3. The molecule has 0 fully saturated rings. The van der Waals surface area contributed by atoms with Gasteiger partial charge in [0.15, 0.2) is 0 Å². The van der Waals surface area contributed by atoms with E-state index < -0.39 is 0 Å². The third-order valence-electron chi connectivity index (χ3n) is 2.90. The van der Waals surface area contributed by atoms with Crippen molar-refractivity contribution in [2.24, 2.45) is 0 Å². The first-order valence-corrected chi connectivity index (χ1v) is 6.58. The maximum atomic E-state index is 11.8. The fourth-order valence-corrected chi connectivity index (χ4v) is 1.98. The van der Waals surface area contributed by atoms with Crippen molar-refractivity contribution in [1.29, 1.82) is 0 Å². The molecule has 0 spiro atoms. The summed E-state index contributed by atoms with van der Waals surface area (Å²) in [6, 6.07) is 13.7. The van der Waals surface area contributed by atoms with Gasteiger partial charge in [-0.25, -0.2) is 4.79 Å². The van der Waals surface area contributed by atoms with E-state index in [-0.39, 0.29) is 5.97 Å². The molecule has 0 aliphatic heterocycles. The number of esters is 1. The average Bonchev–Trinajstić information content (AvgIpc) is 2.37. The number of hydrogen-bond acceptors (Lipinski definition) is 2. The molecule has 2 aromatic carbocycles. The molecule has 0 saturated heterocycles. The van der Waals surface area contributed by atoms with Gasteiger partial charge in [-0.05, 0) is 55.7 Å². The van der Waals surface area contributed by atoms with Crippen LogP contribution in [-0.4, -0.2) is 5.97 Å². The van der Waals surface area contributed by atoms with E-state index >= 15 is 0 Å². The number of carbonyl (C=O) groups excluding carboxylic acids is 1. The molecule has 0 bridgehead atoms. The van der Waals surface area contributed by atoms with E-state index in [0.717, 1.165) is 16.7 Å². The fourth-order valence-electron chi connectivity index (χ4n) is 1.98. The number of benzene rings is 2. The third-order valence-corrected chi connectivity index (χ3v) is 2.90. The minimum atomic E-state index is -0.365. The van der Waals surface area contributed by atoms with Crippen LogP contribution in [0.2, 0.25) is 0 Å². The van der Waals surface area contributed by atoms with Crippen molar-refractivity contribution in [3.05, 3.63) is 70.8 Å². The first kappa shape index (κ1) is 14.1. The monoisotopic (exact) mass is 266 g/mol. The van der Waals surface area contributed by atoms with E-state index in [9.17, 15) is 4.79 Å². The quantitative estimate of drug-likeness (QED) is 0.472. The highest BCUT2D eigenvalue weighted by Crippen LogP contribution is 2.16. The lowest BCUT2D eigenvalue weighted by atomic mass is 10.1. The molecule has 2 heteroatoms. The summed E-state index contributed by atoms with van der Waals surface area (Å²) in [6.45, 7) is 5.99. The standard InChI is InChI=1S/C18H18O2/c1-13-4-6-16(7-5-13)8-9-18(19)20-17-11-14(2)10-15(3)12-17/h4-12H,1-3H3/b9-8+. The van der Waals surface area contributed by atoms with Crippen molar-refractivity contribution in [3.63, 3.8) is 0 Å². The van der Waals surface area contributed by atoms with Crippen LogP contribution >= 0.6 is 0 Å². The van der Waals surface area contributed by atoms with Gasteiger partial charge in [0.2, 0.25) is 0 Å². The summed E-state index contributed by atoms with van der Waals surface area (Å²) in [4.78, 5) is 11.8. The van der Waals surface area contributed by atoms with Crippen molar-refractivity contribution >= 4 is 12.0 Å². The number of hydrogen-bond donors (Lipinski definition) is 0. The first-order chi connectivity index (χ1) is 9.52. The summed E-state index contributed by atoms with van der Waals surface area (Å²) in [5.74, 6) is 0.219. The van der Waals surface area contributed by atoms with Crippen LogP contribution in [0, 0.1) is 20.8 Å². The maximum absolute atomic E-state index is 11.8. The molecule has 0 aromatic heterocycles. The molecule has 2 aromatic rings. The van der Waals surface area contributed by atoms with E-state index in [0.29, 0.717) is 5.75 Å². The topological polar surface area (TPSA) is 26.3 Å². The van der Waals surface area contributed by atoms with Crippen molar-refractivity contribution in [3.8, 4) is 5.75 Å². The van der Waals surface area contributed by atoms with Crippen LogP contribution in [-0.2, 0) is 4.79 Å². The Hall–Kier alpha value is -2.35. The second kappa shape index (κ2) is 6.20. The van der Waals surface area contributed by atoms with Gasteiger partial charge in [0.05, 0.1) is 0 Å². The normalized spacial score (nSPS) is 10.8. The Morgan fingerprint density at radius 2 is 1.50 bits per heavy atom. The summed E-state index contributed by atoms with van der Waals surface area (Å²) in [5, 5.41) is 0. The van der Waals surface area contributed by atoms with Gasteiger partial charge in [-0.3, -0.25) is 0 Å². The van der Waals surface area contributed by atoms with E-state index in [2.05, 4.69) is 0 Å². The van der Waals surface area contributed by atoms with Crippen molar-refractivity contribution in [2.45, 2.75) is 20.8 Å². The molecular weight excluding hydrogens is 248 g/mol. The predicted octanol–water partition coefficient (Wildman–Crippen LogP) is 4.23. The molecule has 0 unspecified atom stereocenters. The van der Waals surface area contributed by atoms with E-state index in [1.54, 1.807) is 6.08 Å². The van der Waals surface area contributed by atoms with E-state index in [1.807, 2.05) is 63.2 Å². The lowest BCUT2D eigenvalue weighted by Crippen LogP contribution is -2.04. The van der Waals surface area contributed by atoms with Gasteiger partial charge < -0.3 is 4.74 Å². The Morgan fingerprint density at radius 1 is 0.900 bits per heavy atom. The second-order valence-corrected chi connectivity index (χ2v) is 4.99. The Labute approximate surface area is 119 Å². The molecule has 102 valence electrons. The summed E-state index contributed by atoms with van der Waals surface area (Å²) in [6.07, 6.45) is 3.20. The van der Waals surface area contributed by atoms with Crippen LogP contribution < -0.4 is 4.74 Å². The van der Waals surface area contributed by atoms with Crippen molar-refractivity contribution < 1.29 is 9.53 Å². The minimum absolute atomic E-state index is 0.365. The second-order valence-electron chi connectivity index (χ2n) is 4.99. The molecule has 0 N–H and O–H groups in total. The third kappa shape index (κ3) is 4.09. The van der Waals surface area contributed by atoms with Crippen LogP contribution in [0.25, 0.3) is 6.08 Å². The first-order valence-electron chi connectivity index (χ1n) is 6.58. The van der Waals surface area contributed by atoms with Gasteiger partial charge in [-0.2, -0.15) is 0 Å². The van der Waals surface area contributed by atoms with Gasteiger partial charge in [0.25, 0.3) is 0 Å². The summed E-state index contributed by atoms with van der Waals surface area (Å²) >= 11 is 0. The molecule has 2 rings (SSSR count). The maximum Gasteiger partial charge on any atom is 0.336 e. The van der Waals surface area contributed by atoms with Gasteiger partial charge >= 0.3 is 5.97 Å². The fraction of sp³-hybridized carbons (Fsp3) is 0.167. The molecule has 0 aliphatic rings. The predicted molar refractivity (Wildman–Crippen MR) is 81.8 cm³/mol. The zero-order valence-corrected chi connectivity index (χ0v) is 12.0. The molecule has 2 nitrogen and oxygen atoms in total. The summed E-state index contributed by atoms with van der Waals surface area (Å²) < 4.78 is 5.30. The Kier molecular flexibility index (Phi) is 4.36. The molecule has 0 atom stereocenters. The van der Waals surface area contributed by atoms with Crippen molar-refractivity contribution in [1.82, 2.24) is 0 Å². The SMILES string of the molecule is Cc1ccc(/C=C/C(=O)Oc2cc(C)cc(C)c2)cc1. The lowest BCUT2D eigenvalue weighted by Gasteiger charge is -2.04. The molecule has 0 amide bonds. The van der Waals surface area contributed by atoms with Crippen LogP contribution in [0.15, 0.2) is 48.5 Å². The summed E-state index contributed by atoms with van der Waals surface area (Å²) in [5.41, 5.74) is 4.33. The van der Waals surface area contributed by atoms with Gasteiger partial charge in [-0.15, -0.1) is 0 Å². The Morgan fingerprint density at radius 3 is 2.10 bits per heavy atom. The molecule has 0 saturated carbocycles. The van der Waals surface area contributed by atoms with Crippen LogP contribution in [0.3, 0.4) is 0 Å². The number of carbonyl (C=O) groups is 1. The highest BCUT2D eigenvalue weighted by molar-refractivity contribution is 5.88. The lowest BCUT2D eigenvalue weighted by molar-refractivity contribution is -0.128. The Bertz CT molecular complexity index is 617. The zero-order chi connectivity index (χ0) is 14.5. The molecule has 0 radical (unpaired) electrons. The zero-order valence-electron chi connectivity index (χ0n) is 12.0. The smallest absolute Gasteiger partial charge is 0.336 e. The van der Waals surface area contributed by atoms with Gasteiger partial charge in [-0.1, -0.05) is 35.9 Å². The van der Waals surface area contributed by atoms with Gasteiger partial charge in [0, 0.05) is 6.08 Å². The highest BCUT2D eigenvalue weighted by Gasteiger charge is 2.02. The van der Waals surface area contributed by atoms with Crippen LogP contribution in [0.4, 0.5) is 0 Å². The average molecular weight is 266 g/mol. The Balaban J connectivity index is 2.03. The largest absolute Gasteiger partial charge is 0.423 e. The van der Waals surface area contributed by atoms with Crippen molar-refractivity contribution in [2.75, 3.05) is 0 Å². The molecular formula is C18H18O2. The summed E-state index contributed by atoms with van der Waals surface area (Å²) in [7, 11) is 0. The van der Waals surface area contributed by atoms with E-state index in [4.69, 9.17) is 4.74 Å². The number of ether oxygens (including phenoxy) is 1. The molecule has 0 aliphatic carbocycles. The minimum Gasteiger partial charge on any atom is -0.423 e. The highest BCUT2D eigenvalue weighted by atomic mass is 16.5. The van der Waals surface area contributed by atoms with Crippen LogP contribution in [0.5, 0.6) is 5.75 Å².